The van der Waals surface area contributed by atoms with E-state index < -0.39 is 0 Å². The van der Waals surface area contributed by atoms with E-state index >= 15 is 0 Å². The van der Waals surface area contributed by atoms with E-state index in [0.717, 1.165) is 33.6 Å². The van der Waals surface area contributed by atoms with E-state index in [1.165, 1.54) is 0 Å². The number of hydrogen-bond donors (Lipinski definition) is 1. The Morgan fingerprint density at radius 1 is 1.06 bits per heavy atom. The molecule has 6 nitrogen and oxygen atoms in total. The van der Waals surface area contributed by atoms with Crippen LogP contribution >= 0.6 is 11.6 Å². The lowest BCUT2D eigenvalue weighted by Crippen LogP contribution is -2.19. The Balaban J connectivity index is 1.81. The highest BCUT2D eigenvalue weighted by Gasteiger charge is 2.23. The second-order valence-corrected chi connectivity index (χ2v) is 8.50. The number of halogens is 1. The summed E-state index contributed by atoms with van der Waals surface area (Å²) < 4.78 is 1.70. The molecule has 0 aliphatic heterocycles. The SMILES string of the molecule is Cc1ccc(NC(=O)c2nnc3c(-c4cccc(Cl)c4)c(C(C)C)nn3c2C)c(C)c1. The molecule has 0 radical (unpaired) electrons. The number of rotatable bonds is 4. The molecule has 158 valence electrons. The second-order valence-electron chi connectivity index (χ2n) is 8.07. The molecular weight excluding hydrogens is 410 g/mol. The van der Waals surface area contributed by atoms with Gasteiger partial charge >= 0.3 is 0 Å². The molecule has 0 unspecified atom stereocenters. The predicted octanol–water partition coefficient (Wildman–Crippen LogP) is 5.75. The fraction of sp³-hybridized carbons (Fsp3) is 0.250. The Kier molecular flexibility index (Phi) is 5.50. The number of aryl methyl sites for hydroxylation is 3. The molecule has 0 fully saturated rings. The summed E-state index contributed by atoms with van der Waals surface area (Å²) in [5.41, 5.74) is 7.04. The third-order valence-corrected chi connectivity index (χ3v) is 5.53. The first-order chi connectivity index (χ1) is 14.8. The molecule has 31 heavy (non-hydrogen) atoms. The molecule has 0 spiro atoms. The summed E-state index contributed by atoms with van der Waals surface area (Å²) in [5.74, 6) is -0.160. The van der Waals surface area contributed by atoms with E-state index in [0.29, 0.717) is 16.4 Å². The molecule has 4 aromatic rings. The number of fused-ring (bicyclic) bond motifs is 1. The van der Waals surface area contributed by atoms with Gasteiger partial charge in [-0.3, -0.25) is 4.79 Å². The van der Waals surface area contributed by atoms with Gasteiger partial charge in [-0.15, -0.1) is 10.2 Å². The standard InChI is InChI=1S/C24H24ClN5O/c1-13(2)21-20(17-7-6-8-18(25)12-17)23-28-27-22(16(5)30(23)29-21)24(31)26-19-10-9-14(3)11-15(19)4/h6-13H,1-5H3,(H,26,31). The summed E-state index contributed by atoms with van der Waals surface area (Å²) in [6.07, 6.45) is 0. The average molecular weight is 434 g/mol. The molecule has 0 aliphatic rings. The summed E-state index contributed by atoms with van der Waals surface area (Å²) in [6, 6.07) is 13.5. The molecule has 2 heterocycles. The predicted molar refractivity (Wildman–Crippen MR) is 124 cm³/mol. The number of nitrogens with one attached hydrogen (secondary N) is 1. The largest absolute Gasteiger partial charge is 0.320 e. The summed E-state index contributed by atoms with van der Waals surface area (Å²) in [7, 11) is 0. The van der Waals surface area contributed by atoms with Crippen LogP contribution in [0.15, 0.2) is 42.5 Å². The van der Waals surface area contributed by atoms with Gasteiger partial charge in [0.1, 0.15) is 0 Å². The molecule has 0 saturated carbocycles. The summed E-state index contributed by atoms with van der Waals surface area (Å²) >= 11 is 6.23. The molecule has 0 atom stereocenters. The van der Waals surface area contributed by atoms with Crippen LogP contribution in [0.1, 0.15) is 52.8 Å². The normalized spacial score (nSPS) is 11.3. The smallest absolute Gasteiger partial charge is 0.278 e. The third-order valence-electron chi connectivity index (χ3n) is 5.30. The van der Waals surface area contributed by atoms with Gasteiger partial charge in [-0.2, -0.15) is 5.10 Å². The lowest BCUT2D eigenvalue weighted by molar-refractivity contribution is 0.102. The van der Waals surface area contributed by atoms with Crippen molar-refractivity contribution in [2.45, 2.75) is 40.5 Å². The highest BCUT2D eigenvalue weighted by molar-refractivity contribution is 6.30. The third kappa shape index (κ3) is 3.91. The number of amides is 1. The Morgan fingerprint density at radius 3 is 2.52 bits per heavy atom. The molecule has 0 aliphatic carbocycles. The van der Waals surface area contributed by atoms with Gasteiger partial charge in [-0.1, -0.05) is 55.3 Å². The van der Waals surface area contributed by atoms with Gasteiger partial charge in [0.25, 0.3) is 5.91 Å². The number of nitrogens with zero attached hydrogens (tertiary/aromatic N) is 4. The van der Waals surface area contributed by atoms with Gasteiger partial charge in [0.05, 0.1) is 17.0 Å². The van der Waals surface area contributed by atoms with E-state index in [1.54, 1.807) is 4.52 Å². The Bertz CT molecular complexity index is 1310. The van der Waals surface area contributed by atoms with Crippen molar-refractivity contribution in [2.75, 3.05) is 5.32 Å². The maximum absolute atomic E-state index is 13.0. The first-order valence-corrected chi connectivity index (χ1v) is 10.5. The summed E-state index contributed by atoms with van der Waals surface area (Å²) in [4.78, 5) is 13.0. The van der Waals surface area contributed by atoms with Crippen LogP contribution in [0.5, 0.6) is 0 Å². The van der Waals surface area contributed by atoms with Gasteiger partial charge in [0, 0.05) is 10.7 Å². The minimum absolute atomic E-state index is 0.155. The molecule has 0 bridgehead atoms. The fourth-order valence-corrected chi connectivity index (χ4v) is 3.88. The van der Waals surface area contributed by atoms with Crippen molar-refractivity contribution in [3.63, 3.8) is 0 Å². The minimum atomic E-state index is -0.315. The zero-order chi connectivity index (χ0) is 22.3. The summed E-state index contributed by atoms with van der Waals surface area (Å²) in [5, 5.41) is 17.0. The first kappa shape index (κ1) is 21.0. The molecule has 7 heteroatoms. The van der Waals surface area contributed by atoms with Crippen molar-refractivity contribution in [3.05, 3.63) is 75.7 Å². The topological polar surface area (TPSA) is 72.2 Å². The van der Waals surface area contributed by atoms with Crippen molar-refractivity contribution < 1.29 is 4.79 Å². The minimum Gasteiger partial charge on any atom is -0.320 e. The molecule has 0 saturated heterocycles. The van der Waals surface area contributed by atoms with Crippen molar-refractivity contribution in [1.29, 1.82) is 0 Å². The maximum atomic E-state index is 13.0. The lowest BCUT2D eigenvalue weighted by Gasteiger charge is -2.10. The van der Waals surface area contributed by atoms with Gasteiger partial charge in [-0.05, 0) is 56.0 Å². The number of carbonyl (C=O) groups is 1. The number of carbonyl (C=O) groups excluding carboxylic acids is 1. The van der Waals surface area contributed by atoms with Gasteiger partial charge in [0.2, 0.25) is 0 Å². The van der Waals surface area contributed by atoms with Crippen molar-refractivity contribution in [1.82, 2.24) is 19.8 Å². The lowest BCUT2D eigenvalue weighted by atomic mass is 9.99. The highest BCUT2D eigenvalue weighted by atomic mass is 35.5. The van der Waals surface area contributed by atoms with E-state index in [9.17, 15) is 4.79 Å². The van der Waals surface area contributed by atoms with E-state index in [2.05, 4.69) is 29.4 Å². The van der Waals surface area contributed by atoms with Crippen LogP contribution in [0.25, 0.3) is 16.8 Å². The second kappa shape index (κ2) is 8.12. The average Bonchev–Trinajstić information content (AvgIpc) is 3.11. The monoisotopic (exact) mass is 433 g/mol. The molecule has 1 N–H and O–H groups in total. The fourth-order valence-electron chi connectivity index (χ4n) is 3.69. The molecule has 2 aromatic heterocycles. The van der Waals surface area contributed by atoms with E-state index in [1.807, 2.05) is 63.2 Å². The molecule has 2 aromatic carbocycles. The molecular formula is C24H24ClN5O. The van der Waals surface area contributed by atoms with Crippen LogP contribution in [0.3, 0.4) is 0 Å². The zero-order valence-corrected chi connectivity index (χ0v) is 18.9. The van der Waals surface area contributed by atoms with E-state index in [4.69, 9.17) is 16.7 Å². The molecule has 1 amide bonds. The zero-order valence-electron chi connectivity index (χ0n) is 18.2. The van der Waals surface area contributed by atoms with Gasteiger partial charge < -0.3 is 5.32 Å². The maximum Gasteiger partial charge on any atom is 0.278 e. The van der Waals surface area contributed by atoms with Crippen LogP contribution < -0.4 is 5.32 Å². The molecule has 4 rings (SSSR count). The number of aromatic nitrogens is 4. The Hall–Kier alpha value is -3.25. The van der Waals surface area contributed by atoms with Crippen LogP contribution in [-0.2, 0) is 0 Å². The Labute approximate surface area is 186 Å². The van der Waals surface area contributed by atoms with Crippen LogP contribution in [-0.4, -0.2) is 25.7 Å². The van der Waals surface area contributed by atoms with Crippen molar-refractivity contribution >= 4 is 28.8 Å². The van der Waals surface area contributed by atoms with Gasteiger partial charge in [-0.25, -0.2) is 4.52 Å². The van der Waals surface area contributed by atoms with Gasteiger partial charge in [0.15, 0.2) is 11.3 Å². The van der Waals surface area contributed by atoms with Crippen LogP contribution in [0, 0.1) is 20.8 Å². The van der Waals surface area contributed by atoms with E-state index in [-0.39, 0.29) is 17.5 Å². The van der Waals surface area contributed by atoms with Crippen molar-refractivity contribution in [2.24, 2.45) is 0 Å². The number of benzene rings is 2. The Morgan fingerprint density at radius 2 is 1.84 bits per heavy atom. The quantitative estimate of drug-likeness (QED) is 0.445. The number of hydrogen-bond acceptors (Lipinski definition) is 4. The van der Waals surface area contributed by atoms with Crippen LogP contribution in [0.2, 0.25) is 5.02 Å². The van der Waals surface area contributed by atoms with Crippen molar-refractivity contribution in [3.8, 4) is 11.1 Å². The first-order valence-electron chi connectivity index (χ1n) is 10.2. The number of anilines is 1. The highest BCUT2D eigenvalue weighted by Crippen LogP contribution is 2.33. The summed E-state index contributed by atoms with van der Waals surface area (Å²) in [6.45, 7) is 9.96. The van der Waals surface area contributed by atoms with Crippen LogP contribution in [0.4, 0.5) is 5.69 Å².